The van der Waals surface area contributed by atoms with Crippen LogP contribution in [-0.4, -0.2) is 44.3 Å². The van der Waals surface area contributed by atoms with E-state index in [1.807, 2.05) is 18.2 Å². The summed E-state index contributed by atoms with van der Waals surface area (Å²) in [4.78, 5) is 13.8. The SMILES string of the molecule is CN(Cc1ccc2c(c1)OCCO2)C(=O)NCCc1ccc(OC(F)F)cc1. The van der Waals surface area contributed by atoms with Gasteiger partial charge in [-0.25, -0.2) is 4.79 Å². The molecule has 0 unspecified atom stereocenters. The van der Waals surface area contributed by atoms with E-state index in [1.54, 1.807) is 24.1 Å². The van der Waals surface area contributed by atoms with E-state index in [4.69, 9.17) is 9.47 Å². The van der Waals surface area contributed by atoms with E-state index in [9.17, 15) is 13.6 Å². The smallest absolute Gasteiger partial charge is 0.387 e. The average molecular weight is 392 g/mol. The molecular formula is C20H22F2N2O4. The molecule has 0 aliphatic carbocycles. The molecule has 2 aromatic carbocycles. The number of hydrogen-bond donors (Lipinski definition) is 1. The Morgan fingerprint density at radius 3 is 2.50 bits per heavy atom. The van der Waals surface area contributed by atoms with Crippen LogP contribution >= 0.6 is 0 Å². The van der Waals surface area contributed by atoms with E-state index < -0.39 is 6.61 Å². The molecule has 3 rings (SSSR count). The van der Waals surface area contributed by atoms with Gasteiger partial charge in [-0.3, -0.25) is 0 Å². The minimum Gasteiger partial charge on any atom is -0.486 e. The summed E-state index contributed by atoms with van der Waals surface area (Å²) >= 11 is 0. The predicted molar refractivity (Wildman–Crippen MR) is 99.1 cm³/mol. The van der Waals surface area contributed by atoms with Crippen molar-refractivity contribution in [1.29, 1.82) is 0 Å². The Kier molecular flexibility index (Phi) is 6.52. The first-order valence-corrected chi connectivity index (χ1v) is 8.92. The molecule has 28 heavy (non-hydrogen) atoms. The van der Waals surface area contributed by atoms with Crippen LogP contribution in [0.15, 0.2) is 42.5 Å². The molecule has 0 aromatic heterocycles. The van der Waals surface area contributed by atoms with Gasteiger partial charge in [-0.2, -0.15) is 8.78 Å². The van der Waals surface area contributed by atoms with Crippen molar-refractivity contribution in [3.05, 3.63) is 53.6 Å². The molecule has 0 atom stereocenters. The van der Waals surface area contributed by atoms with Gasteiger partial charge in [0.25, 0.3) is 0 Å². The number of carbonyl (C=O) groups excluding carboxylic acids is 1. The van der Waals surface area contributed by atoms with E-state index in [-0.39, 0.29) is 11.8 Å². The average Bonchev–Trinajstić information content (AvgIpc) is 2.68. The van der Waals surface area contributed by atoms with Crippen molar-refractivity contribution < 1.29 is 27.8 Å². The second-order valence-electron chi connectivity index (χ2n) is 6.34. The van der Waals surface area contributed by atoms with Crippen LogP contribution in [0.5, 0.6) is 17.2 Å². The fraction of sp³-hybridized carbons (Fsp3) is 0.350. The lowest BCUT2D eigenvalue weighted by molar-refractivity contribution is -0.0498. The molecule has 2 aromatic rings. The summed E-state index contributed by atoms with van der Waals surface area (Å²) < 4.78 is 39.6. The highest BCUT2D eigenvalue weighted by atomic mass is 19.3. The second-order valence-corrected chi connectivity index (χ2v) is 6.34. The quantitative estimate of drug-likeness (QED) is 0.784. The zero-order chi connectivity index (χ0) is 19.9. The Bertz CT molecular complexity index is 799. The van der Waals surface area contributed by atoms with Crippen molar-refractivity contribution in [2.45, 2.75) is 19.6 Å². The Morgan fingerprint density at radius 1 is 1.11 bits per heavy atom. The third-order valence-corrected chi connectivity index (χ3v) is 4.21. The van der Waals surface area contributed by atoms with Gasteiger partial charge in [0.1, 0.15) is 19.0 Å². The minimum atomic E-state index is -2.84. The van der Waals surface area contributed by atoms with Crippen LogP contribution in [0.4, 0.5) is 13.6 Å². The van der Waals surface area contributed by atoms with Gasteiger partial charge in [-0.05, 0) is 41.8 Å². The summed E-state index contributed by atoms with van der Waals surface area (Å²) in [6, 6.07) is 11.8. The third-order valence-electron chi connectivity index (χ3n) is 4.21. The molecule has 2 amide bonds. The highest BCUT2D eigenvalue weighted by Crippen LogP contribution is 2.31. The third kappa shape index (κ3) is 5.48. The largest absolute Gasteiger partial charge is 0.486 e. The lowest BCUT2D eigenvalue weighted by Gasteiger charge is -2.21. The molecule has 1 aliphatic heterocycles. The normalized spacial score (nSPS) is 12.6. The molecular weight excluding hydrogens is 370 g/mol. The monoisotopic (exact) mass is 392 g/mol. The number of hydrogen-bond acceptors (Lipinski definition) is 4. The fourth-order valence-corrected chi connectivity index (χ4v) is 2.82. The molecule has 150 valence electrons. The topological polar surface area (TPSA) is 60.0 Å². The van der Waals surface area contributed by atoms with Crippen LogP contribution < -0.4 is 19.5 Å². The molecule has 0 fully saturated rings. The zero-order valence-corrected chi connectivity index (χ0v) is 15.5. The van der Waals surface area contributed by atoms with Gasteiger partial charge in [0.05, 0.1) is 0 Å². The van der Waals surface area contributed by atoms with E-state index in [0.717, 1.165) is 11.1 Å². The molecule has 1 heterocycles. The first-order chi connectivity index (χ1) is 13.5. The molecule has 8 heteroatoms. The van der Waals surface area contributed by atoms with Crippen molar-refractivity contribution in [1.82, 2.24) is 10.2 Å². The van der Waals surface area contributed by atoms with Crippen molar-refractivity contribution in [2.24, 2.45) is 0 Å². The fourth-order valence-electron chi connectivity index (χ4n) is 2.82. The van der Waals surface area contributed by atoms with Gasteiger partial charge in [-0.1, -0.05) is 18.2 Å². The Balaban J connectivity index is 1.44. The molecule has 0 bridgehead atoms. The van der Waals surface area contributed by atoms with Crippen LogP contribution in [0.2, 0.25) is 0 Å². The van der Waals surface area contributed by atoms with Crippen LogP contribution in [-0.2, 0) is 13.0 Å². The van der Waals surface area contributed by atoms with Crippen molar-refractivity contribution in [2.75, 3.05) is 26.8 Å². The molecule has 0 saturated carbocycles. The maximum absolute atomic E-state index is 12.3. The van der Waals surface area contributed by atoms with E-state index in [2.05, 4.69) is 10.1 Å². The lowest BCUT2D eigenvalue weighted by Crippen LogP contribution is -2.37. The van der Waals surface area contributed by atoms with Crippen LogP contribution in [0, 0.1) is 0 Å². The van der Waals surface area contributed by atoms with Gasteiger partial charge in [0.15, 0.2) is 11.5 Å². The van der Waals surface area contributed by atoms with Gasteiger partial charge < -0.3 is 24.4 Å². The molecule has 1 N–H and O–H groups in total. The number of carbonyl (C=O) groups is 1. The minimum absolute atomic E-state index is 0.113. The van der Waals surface area contributed by atoms with E-state index in [1.165, 1.54) is 12.1 Å². The lowest BCUT2D eigenvalue weighted by atomic mass is 10.1. The first kappa shape index (κ1) is 19.7. The molecule has 1 aliphatic rings. The molecule has 0 radical (unpaired) electrons. The number of halogens is 2. The number of rotatable bonds is 7. The Hall–Kier alpha value is -3.03. The van der Waals surface area contributed by atoms with Crippen LogP contribution in [0.1, 0.15) is 11.1 Å². The summed E-state index contributed by atoms with van der Waals surface area (Å²) in [5.41, 5.74) is 1.85. The van der Waals surface area contributed by atoms with E-state index >= 15 is 0 Å². The number of nitrogens with one attached hydrogen (secondary N) is 1. The number of urea groups is 1. The van der Waals surface area contributed by atoms with Crippen molar-refractivity contribution in [3.8, 4) is 17.2 Å². The van der Waals surface area contributed by atoms with Gasteiger partial charge in [0.2, 0.25) is 0 Å². The Labute approximate surface area is 162 Å². The van der Waals surface area contributed by atoms with Crippen LogP contribution in [0.3, 0.4) is 0 Å². The number of ether oxygens (including phenoxy) is 3. The number of benzene rings is 2. The molecule has 0 saturated heterocycles. The summed E-state index contributed by atoms with van der Waals surface area (Å²) in [7, 11) is 1.71. The summed E-state index contributed by atoms with van der Waals surface area (Å²) in [6.07, 6.45) is 0.582. The number of nitrogens with zero attached hydrogens (tertiary/aromatic N) is 1. The van der Waals surface area contributed by atoms with Gasteiger partial charge in [-0.15, -0.1) is 0 Å². The number of alkyl halides is 2. The maximum Gasteiger partial charge on any atom is 0.387 e. The maximum atomic E-state index is 12.3. The Morgan fingerprint density at radius 2 is 1.79 bits per heavy atom. The summed E-state index contributed by atoms with van der Waals surface area (Å²) in [5.74, 6) is 1.52. The van der Waals surface area contributed by atoms with Crippen LogP contribution in [0.25, 0.3) is 0 Å². The summed E-state index contributed by atoms with van der Waals surface area (Å²) in [6.45, 7) is -0.921. The first-order valence-electron chi connectivity index (χ1n) is 8.92. The summed E-state index contributed by atoms with van der Waals surface area (Å²) in [5, 5.41) is 2.84. The standard InChI is InChI=1S/C20H22F2N2O4/c1-24(13-15-4-7-17-18(12-15)27-11-10-26-17)20(25)23-9-8-14-2-5-16(6-3-14)28-19(21)22/h2-7,12,19H,8-11,13H2,1H3,(H,23,25). The molecule has 0 spiro atoms. The van der Waals surface area contributed by atoms with E-state index in [0.29, 0.717) is 44.2 Å². The predicted octanol–water partition coefficient (Wildman–Crippen LogP) is 3.44. The zero-order valence-electron chi connectivity index (χ0n) is 15.5. The van der Waals surface area contributed by atoms with Gasteiger partial charge in [0, 0.05) is 20.1 Å². The molecule has 6 nitrogen and oxygen atoms in total. The second kappa shape index (κ2) is 9.25. The highest BCUT2D eigenvalue weighted by molar-refractivity contribution is 5.73. The number of amides is 2. The van der Waals surface area contributed by atoms with Gasteiger partial charge >= 0.3 is 12.6 Å². The van der Waals surface area contributed by atoms with Crippen molar-refractivity contribution in [3.63, 3.8) is 0 Å². The van der Waals surface area contributed by atoms with Crippen molar-refractivity contribution >= 4 is 6.03 Å². The number of fused-ring (bicyclic) bond motifs is 1. The highest BCUT2D eigenvalue weighted by Gasteiger charge is 2.14.